The van der Waals surface area contributed by atoms with Crippen LogP contribution in [-0.4, -0.2) is 34.6 Å². The molecule has 1 aliphatic heterocycles. The molecule has 1 aliphatic rings. The highest BCUT2D eigenvalue weighted by Gasteiger charge is 2.25. The first-order valence-corrected chi connectivity index (χ1v) is 9.55. The van der Waals surface area contributed by atoms with Gasteiger partial charge in [0.1, 0.15) is 0 Å². The number of aliphatic hydroxyl groups is 1. The summed E-state index contributed by atoms with van der Waals surface area (Å²) in [6, 6.07) is 10.1. The second-order valence-electron chi connectivity index (χ2n) is 6.76. The van der Waals surface area contributed by atoms with E-state index in [0.717, 1.165) is 24.8 Å². The lowest BCUT2D eigenvalue weighted by molar-refractivity contribution is -0.134. The lowest BCUT2D eigenvalue weighted by Crippen LogP contribution is -2.42. The molecule has 1 aromatic carbocycles. The maximum absolute atomic E-state index is 12.3. The molecule has 25 heavy (non-hydrogen) atoms. The third-order valence-corrected chi connectivity index (χ3v) is 4.65. The van der Waals surface area contributed by atoms with E-state index in [0.29, 0.717) is 19.4 Å². The van der Waals surface area contributed by atoms with Crippen LogP contribution in [0.5, 0.6) is 0 Å². The van der Waals surface area contributed by atoms with Crippen molar-refractivity contribution in [3.8, 4) is 0 Å². The first-order chi connectivity index (χ1) is 12.2. The van der Waals surface area contributed by atoms with Crippen molar-refractivity contribution in [3.63, 3.8) is 0 Å². The summed E-state index contributed by atoms with van der Waals surface area (Å²) in [5.74, 6) is 0.221. The zero-order valence-corrected chi connectivity index (χ0v) is 15.3. The van der Waals surface area contributed by atoms with Crippen LogP contribution in [0.4, 0.5) is 0 Å². The standard InChI is InChI=1S/C22H31NO2/c1-2-3-4-5-9-17-23-20(13-10-14-22(23)25)15-16-21(24)18-19-11-7-6-8-12-19/h5-9,11-12,15-16,20-21,24H,2-4,10,13-14,17-18H2,1H3/b9-5-,16-15+/t20-,21?/m1/s1. The minimum atomic E-state index is -0.513. The zero-order valence-electron chi connectivity index (χ0n) is 15.3. The highest BCUT2D eigenvalue weighted by Crippen LogP contribution is 2.20. The smallest absolute Gasteiger partial charge is 0.223 e. The van der Waals surface area contributed by atoms with Gasteiger partial charge in [0.2, 0.25) is 5.91 Å². The Kier molecular flexibility index (Phi) is 8.47. The zero-order chi connectivity index (χ0) is 17.9. The summed E-state index contributed by atoms with van der Waals surface area (Å²) in [6.45, 7) is 2.86. The van der Waals surface area contributed by atoms with Crippen molar-refractivity contribution >= 4 is 5.91 Å². The van der Waals surface area contributed by atoms with Crippen LogP contribution < -0.4 is 0 Å². The van der Waals surface area contributed by atoms with Gasteiger partial charge in [-0.25, -0.2) is 0 Å². The predicted octanol–water partition coefficient (Wildman–Crippen LogP) is 4.27. The van der Waals surface area contributed by atoms with Crippen LogP contribution in [0.1, 0.15) is 51.0 Å². The second kappa shape index (κ2) is 10.9. The maximum atomic E-state index is 12.3. The molecule has 2 rings (SSSR count). The summed E-state index contributed by atoms with van der Waals surface area (Å²) in [7, 11) is 0. The SMILES string of the molecule is CCCC/C=C\CN1C(=O)CCC[C@@H]1/C=C/C(O)Cc1ccccc1. The highest BCUT2D eigenvalue weighted by molar-refractivity contribution is 5.77. The van der Waals surface area contributed by atoms with Crippen molar-refractivity contribution in [1.82, 2.24) is 4.90 Å². The van der Waals surface area contributed by atoms with E-state index in [1.54, 1.807) is 0 Å². The number of nitrogens with zero attached hydrogens (tertiary/aromatic N) is 1. The van der Waals surface area contributed by atoms with E-state index < -0.39 is 6.10 Å². The van der Waals surface area contributed by atoms with Crippen molar-refractivity contribution < 1.29 is 9.90 Å². The molecule has 1 unspecified atom stereocenters. The third-order valence-electron chi connectivity index (χ3n) is 4.65. The van der Waals surface area contributed by atoms with Gasteiger partial charge in [-0.2, -0.15) is 0 Å². The van der Waals surface area contributed by atoms with Crippen molar-refractivity contribution in [3.05, 3.63) is 60.2 Å². The predicted molar refractivity (Wildman–Crippen MR) is 103 cm³/mol. The monoisotopic (exact) mass is 341 g/mol. The summed E-state index contributed by atoms with van der Waals surface area (Å²) in [5.41, 5.74) is 1.12. The molecular weight excluding hydrogens is 310 g/mol. The molecule has 0 aliphatic carbocycles. The Morgan fingerprint density at radius 1 is 1.28 bits per heavy atom. The fraction of sp³-hybridized carbons (Fsp3) is 0.500. The van der Waals surface area contributed by atoms with Crippen LogP contribution >= 0.6 is 0 Å². The Morgan fingerprint density at radius 3 is 2.84 bits per heavy atom. The highest BCUT2D eigenvalue weighted by atomic mass is 16.3. The van der Waals surface area contributed by atoms with Crippen molar-refractivity contribution in [2.24, 2.45) is 0 Å². The summed E-state index contributed by atoms with van der Waals surface area (Å²) in [6.07, 6.45) is 14.3. The molecule has 136 valence electrons. The molecule has 0 bridgehead atoms. The number of rotatable bonds is 9. The quantitative estimate of drug-likeness (QED) is 0.538. The Labute approximate surface area is 152 Å². The van der Waals surface area contributed by atoms with Crippen molar-refractivity contribution in [2.75, 3.05) is 6.54 Å². The molecule has 1 heterocycles. The minimum Gasteiger partial charge on any atom is -0.389 e. The fourth-order valence-electron chi connectivity index (χ4n) is 3.19. The Bertz CT molecular complexity index is 565. The normalized spacial score (nSPS) is 19.8. The average molecular weight is 341 g/mol. The number of carbonyl (C=O) groups excluding carboxylic acids is 1. The molecule has 0 aromatic heterocycles. The van der Waals surface area contributed by atoms with Crippen LogP contribution in [0, 0.1) is 0 Å². The fourth-order valence-corrected chi connectivity index (χ4v) is 3.19. The number of amides is 1. The largest absolute Gasteiger partial charge is 0.389 e. The van der Waals surface area contributed by atoms with E-state index in [-0.39, 0.29) is 11.9 Å². The second-order valence-corrected chi connectivity index (χ2v) is 6.76. The number of aliphatic hydroxyl groups excluding tert-OH is 1. The van der Waals surface area contributed by atoms with Gasteiger partial charge < -0.3 is 10.0 Å². The van der Waals surface area contributed by atoms with E-state index in [4.69, 9.17) is 0 Å². The molecule has 1 aromatic rings. The van der Waals surface area contributed by atoms with Crippen LogP contribution in [-0.2, 0) is 11.2 Å². The lowest BCUT2D eigenvalue weighted by atomic mass is 9.99. The Hall–Kier alpha value is -1.87. The number of hydrogen-bond acceptors (Lipinski definition) is 2. The van der Waals surface area contributed by atoms with Crippen LogP contribution in [0.25, 0.3) is 0 Å². The number of piperidine rings is 1. The van der Waals surface area contributed by atoms with E-state index in [2.05, 4.69) is 19.1 Å². The first-order valence-electron chi connectivity index (χ1n) is 9.55. The maximum Gasteiger partial charge on any atom is 0.223 e. The topological polar surface area (TPSA) is 40.5 Å². The van der Waals surface area contributed by atoms with E-state index in [1.807, 2.05) is 47.4 Å². The number of likely N-dealkylation sites (tertiary alicyclic amines) is 1. The number of carbonyl (C=O) groups is 1. The van der Waals surface area contributed by atoms with Gasteiger partial charge in [-0.1, -0.05) is 74.4 Å². The molecule has 1 fully saturated rings. The van der Waals surface area contributed by atoms with Crippen molar-refractivity contribution in [2.45, 2.75) is 64.0 Å². The van der Waals surface area contributed by atoms with Gasteiger partial charge in [0.05, 0.1) is 12.1 Å². The number of allylic oxidation sites excluding steroid dienone is 1. The lowest BCUT2D eigenvalue weighted by Gasteiger charge is -2.33. The van der Waals surface area contributed by atoms with Gasteiger partial charge >= 0.3 is 0 Å². The summed E-state index contributed by atoms with van der Waals surface area (Å²) < 4.78 is 0. The van der Waals surface area contributed by atoms with Crippen LogP contribution in [0.3, 0.4) is 0 Å². The Morgan fingerprint density at radius 2 is 2.08 bits per heavy atom. The summed E-state index contributed by atoms with van der Waals surface area (Å²) in [5, 5.41) is 10.3. The molecule has 0 spiro atoms. The van der Waals surface area contributed by atoms with Gasteiger partial charge in [-0.15, -0.1) is 0 Å². The molecule has 1 N–H and O–H groups in total. The van der Waals surface area contributed by atoms with Gasteiger partial charge in [0, 0.05) is 19.4 Å². The molecule has 3 heteroatoms. The van der Waals surface area contributed by atoms with Gasteiger partial charge in [-0.05, 0) is 24.8 Å². The number of hydrogen-bond donors (Lipinski definition) is 1. The van der Waals surface area contributed by atoms with Gasteiger partial charge in [-0.3, -0.25) is 4.79 Å². The molecular formula is C22H31NO2. The minimum absolute atomic E-state index is 0.0995. The van der Waals surface area contributed by atoms with E-state index in [9.17, 15) is 9.90 Å². The third kappa shape index (κ3) is 6.87. The van der Waals surface area contributed by atoms with Crippen molar-refractivity contribution in [1.29, 1.82) is 0 Å². The van der Waals surface area contributed by atoms with Gasteiger partial charge in [0.25, 0.3) is 0 Å². The van der Waals surface area contributed by atoms with E-state index in [1.165, 1.54) is 12.8 Å². The van der Waals surface area contributed by atoms with Crippen LogP contribution in [0.2, 0.25) is 0 Å². The first kappa shape index (κ1) is 19.5. The molecule has 0 radical (unpaired) electrons. The number of benzene rings is 1. The molecule has 2 atom stereocenters. The van der Waals surface area contributed by atoms with Crippen LogP contribution in [0.15, 0.2) is 54.6 Å². The number of unbranched alkanes of at least 4 members (excludes halogenated alkanes) is 2. The Balaban J connectivity index is 1.89. The molecule has 1 saturated heterocycles. The van der Waals surface area contributed by atoms with Gasteiger partial charge in [0.15, 0.2) is 0 Å². The summed E-state index contributed by atoms with van der Waals surface area (Å²) in [4.78, 5) is 14.2. The summed E-state index contributed by atoms with van der Waals surface area (Å²) >= 11 is 0. The average Bonchev–Trinajstić information content (AvgIpc) is 2.62. The molecule has 1 amide bonds. The molecule has 0 saturated carbocycles. The van der Waals surface area contributed by atoms with E-state index >= 15 is 0 Å². The molecule has 3 nitrogen and oxygen atoms in total.